The maximum atomic E-state index is 11.4. The van der Waals surface area contributed by atoms with Crippen molar-refractivity contribution in [3.8, 4) is 0 Å². The molecule has 0 radical (unpaired) electrons. The van der Waals surface area contributed by atoms with E-state index < -0.39 is 5.97 Å². The van der Waals surface area contributed by atoms with Gasteiger partial charge in [-0.05, 0) is 43.0 Å². The molecule has 130 valence electrons. The van der Waals surface area contributed by atoms with Crippen molar-refractivity contribution in [3.63, 3.8) is 0 Å². The van der Waals surface area contributed by atoms with Crippen LogP contribution < -0.4 is 5.32 Å². The number of benzene rings is 2. The van der Waals surface area contributed by atoms with Crippen molar-refractivity contribution < 1.29 is 14.3 Å². The number of carbonyl (C=O) groups is 1. The first-order valence-electron chi connectivity index (χ1n) is 8.75. The minimum Gasteiger partial charge on any atom is -0.475 e. The third kappa shape index (κ3) is 4.02. The van der Waals surface area contributed by atoms with Crippen molar-refractivity contribution in [2.45, 2.75) is 32.6 Å². The fourth-order valence-electron chi connectivity index (χ4n) is 3.10. The molecule has 0 spiro atoms. The fraction of sp³-hybridized carbons (Fsp3) is 0.286. The van der Waals surface area contributed by atoms with Gasteiger partial charge in [-0.15, -0.1) is 0 Å². The lowest BCUT2D eigenvalue weighted by Crippen LogP contribution is -2.03. The zero-order valence-corrected chi connectivity index (χ0v) is 14.4. The summed E-state index contributed by atoms with van der Waals surface area (Å²) in [5.74, 6) is -0.935. The number of hydrogen-bond donors (Lipinski definition) is 2. The molecule has 1 heterocycles. The minimum atomic E-state index is -1.00. The largest absolute Gasteiger partial charge is 0.475 e. The molecule has 3 aromatic rings. The van der Waals surface area contributed by atoms with Gasteiger partial charge in [0, 0.05) is 23.2 Å². The highest BCUT2D eigenvalue weighted by Gasteiger charge is 2.19. The Morgan fingerprint density at radius 2 is 1.92 bits per heavy atom. The third-order valence-electron chi connectivity index (χ3n) is 4.30. The van der Waals surface area contributed by atoms with Gasteiger partial charge in [0.05, 0.1) is 0 Å². The standard InChI is InChI=1S/C21H23NO3/c1-2-7-17-18-14-16(11-12-19(18)25-20(17)21(23)24)22-13-6-10-15-8-4-3-5-9-15/h3-5,8-9,11-12,14,22H,2,6-7,10,13H2,1H3,(H,23,24). The highest BCUT2D eigenvalue weighted by Crippen LogP contribution is 2.29. The second-order valence-corrected chi connectivity index (χ2v) is 6.19. The highest BCUT2D eigenvalue weighted by molar-refractivity contribution is 5.96. The van der Waals surface area contributed by atoms with E-state index in [0.717, 1.165) is 42.4 Å². The molecule has 0 aliphatic heterocycles. The summed E-state index contributed by atoms with van der Waals surface area (Å²) >= 11 is 0. The van der Waals surface area contributed by atoms with E-state index in [0.29, 0.717) is 12.0 Å². The number of rotatable bonds is 8. The molecule has 2 aromatic carbocycles. The summed E-state index contributed by atoms with van der Waals surface area (Å²) < 4.78 is 5.52. The van der Waals surface area contributed by atoms with Crippen molar-refractivity contribution in [2.75, 3.05) is 11.9 Å². The Balaban J connectivity index is 1.69. The van der Waals surface area contributed by atoms with Crippen molar-refractivity contribution in [1.29, 1.82) is 0 Å². The van der Waals surface area contributed by atoms with E-state index >= 15 is 0 Å². The van der Waals surface area contributed by atoms with Gasteiger partial charge < -0.3 is 14.8 Å². The molecule has 2 N–H and O–H groups in total. The molecular formula is C21H23NO3. The van der Waals surface area contributed by atoms with Crippen LogP contribution in [0.25, 0.3) is 11.0 Å². The van der Waals surface area contributed by atoms with Crippen LogP contribution in [0.5, 0.6) is 0 Å². The Morgan fingerprint density at radius 1 is 1.12 bits per heavy atom. The lowest BCUT2D eigenvalue weighted by Gasteiger charge is -2.07. The zero-order chi connectivity index (χ0) is 17.6. The van der Waals surface area contributed by atoms with Gasteiger partial charge in [0.25, 0.3) is 0 Å². The normalized spacial score (nSPS) is 10.9. The molecule has 25 heavy (non-hydrogen) atoms. The van der Waals surface area contributed by atoms with Gasteiger partial charge in [-0.25, -0.2) is 4.79 Å². The maximum absolute atomic E-state index is 11.4. The van der Waals surface area contributed by atoms with Crippen LogP contribution in [0.3, 0.4) is 0 Å². The first-order chi connectivity index (χ1) is 12.2. The molecule has 0 fully saturated rings. The number of aromatic carboxylic acids is 1. The number of anilines is 1. The summed E-state index contributed by atoms with van der Waals surface area (Å²) in [6.07, 6.45) is 3.65. The van der Waals surface area contributed by atoms with Gasteiger partial charge in [0.15, 0.2) is 0 Å². The predicted octanol–water partition coefficient (Wildman–Crippen LogP) is 5.13. The second-order valence-electron chi connectivity index (χ2n) is 6.19. The second kappa shape index (κ2) is 7.88. The van der Waals surface area contributed by atoms with Gasteiger partial charge in [0.1, 0.15) is 5.58 Å². The van der Waals surface area contributed by atoms with Gasteiger partial charge in [-0.1, -0.05) is 43.7 Å². The lowest BCUT2D eigenvalue weighted by atomic mass is 10.1. The number of hydrogen-bond acceptors (Lipinski definition) is 3. The summed E-state index contributed by atoms with van der Waals surface area (Å²) in [6, 6.07) is 16.2. The molecule has 4 heteroatoms. The van der Waals surface area contributed by atoms with Crippen LogP contribution >= 0.6 is 0 Å². The van der Waals surface area contributed by atoms with Crippen LogP contribution in [0.2, 0.25) is 0 Å². The molecule has 0 saturated heterocycles. The van der Waals surface area contributed by atoms with Crippen molar-refractivity contribution >= 4 is 22.6 Å². The molecule has 0 aliphatic rings. The molecular weight excluding hydrogens is 314 g/mol. The van der Waals surface area contributed by atoms with Crippen LogP contribution in [0, 0.1) is 0 Å². The summed E-state index contributed by atoms with van der Waals surface area (Å²) in [5, 5.41) is 13.7. The number of aryl methyl sites for hydroxylation is 2. The SMILES string of the molecule is CCCc1c(C(=O)O)oc2ccc(NCCCc3ccccc3)cc12. The summed E-state index contributed by atoms with van der Waals surface area (Å²) in [7, 11) is 0. The Hall–Kier alpha value is -2.75. The van der Waals surface area contributed by atoms with E-state index in [1.54, 1.807) is 0 Å². The van der Waals surface area contributed by atoms with Crippen molar-refractivity contribution in [1.82, 2.24) is 0 Å². The van der Waals surface area contributed by atoms with Crippen LogP contribution in [-0.4, -0.2) is 17.6 Å². The molecule has 0 unspecified atom stereocenters. The lowest BCUT2D eigenvalue weighted by molar-refractivity contribution is 0.0663. The van der Waals surface area contributed by atoms with E-state index in [4.69, 9.17) is 4.42 Å². The minimum absolute atomic E-state index is 0.0677. The molecule has 0 atom stereocenters. The van der Waals surface area contributed by atoms with E-state index in [9.17, 15) is 9.90 Å². The fourth-order valence-corrected chi connectivity index (χ4v) is 3.10. The monoisotopic (exact) mass is 337 g/mol. The van der Waals surface area contributed by atoms with E-state index in [1.807, 2.05) is 31.2 Å². The first-order valence-corrected chi connectivity index (χ1v) is 8.75. The van der Waals surface area contributed by atoms with Crippen LogP contribution in [0.4, 0.5) is 5.69 Å². The molecule has 0 bridgehead atoms. The summed E-state index contributed by atoms with van der Waals surface area (Å²) in [6.45, 7) is 2.91. The van der Waals surface area contributed by atoms with Crippen LogP contribution in [0.1, 0.15) is 41.4 Å². The number of carboxylic acid groups (broad SMARTS) is 1. The topological polar surface area (TPSA) is 62.5 Å². The van der Waals surface area contributed by atoms with Gasteiger partial charge in [-0.3, -0.25) is 0 Å². The Kier molecular flexibility index (Phi) is 5.39. The van der Waals surface area contributed by atoms with Gasteiger partial charge in [0.2, 0.25) is 5.76 Å². The quantitative estimate of drug-likeness (QED) is 0.559. The number of furan rings is 1. The van der Waals surface area contributed by atoms with E-state index in [-0.39, 0.29) is 5.76 Å². The van der Waals surface area contributed by atoms with Crippen molar-refractivity contribution in [3.05, 3.63) is 65.4 Å². The predicted molar refractivity (Wildman–Crippen MR) is 100 cm³/mol. The third-order valence-corrected chi connectivity index (χ3v) is 4.30. The molecule has 1 aromatic heterocycles. The number of fused-ring (bicyclic) bond motifs is 1. The smallest absolute Gasteiger partial charge is 0.372 e. The van der Waals surface area contributed by atoms with Crippen molar-refractivity contribution in [2.24, 2.45) is 0 Å². The Morgan fingerprint density at radius 3 is 2.64 bits per heavy atom. The summed E-state index contributed by atoms with van der Waals surface area (Å²) in [4.78, 5) is 11.4. The Bertz CT molecular complexity index is 852. The Labute approximate surface area is 147 Å². The molecule has 4 nitrogen and oxygen atoms in total. The van der Waals surface area contributed by atoms with Gasteiger partial charge >= 0.3 is 5.97 Å². The molecule has 0 amide bonds. The number of carboxylic acids is 1. The van der Waals surface area contributed by atoms with Gasteiger partial charge in [-0.2, -0.15) is 0 Å². The first kappa shape index (κ1) is 17.1. The molecule has 3 rings (SSSR count). The number of nitrogens with one attached hydrogen (secondary N) is 1. The molecule has 0 aliphatic carbocycles. The van der Waals surface area contributed by atoms with E-state index in [1.165, 1.54) is 5.56 Å². The maximum Gasteiger partial charge on any atom is 0.372 e. The summed E-state index contributed by atoms with van der Waals surface area (Å²) in [5.41, 5.74) is 3.76. The highest BCUT2D eigenvalue weighted by atomic mass is 16.4. The average molecular weight is 337 g/mol. The van der Waals surface area contributed by atoms with Crippen LogP contribution in [-0.2, 0) is 12.8 Å². The van der Waals surface area contributed by atoms with Crippen LogP contribution in [0.15, 0.2) is 52.9 Å². The zero-order valence-electron chi connectivity index (χ0n) is 14.4. The average Bonchev–Trinajstić information content (AvgIpc) is 2.98. The van der Waals surface area contributed by atoms with E-state index in [2.05, 4.69) is 29.6 Å². The molecule has 0 saturated carbocycles.